The van der Waals surface area contributed by atoms with Crippen LogP contribution in [0, 0.1) is 6.92 Å². The highest BCUT2D eigenvalue weighted by Gasteiger charge is 2.27. The molecule has 20 heavy (non-hydrogen) atoms. The van der Waals surface area contributed by atoms with Crippen molar-refractivity contribution >= 4 is 5.91 Å². The van der Waals surface area contributed by atoms with E-state index in [0.717, 1.165) is 11.1 Å². The number of carbonyl (C=O) groups is 1. The second-order valence-corrected chi connectivity index (χ2v) is 4.62. The van der Waals surface area contributed by atoms with Crippen LogP contribution in [-0.2, 0) is 9.53 Å². The zero-order valence-electron chi connectivity index (χ0n) is 11.5. The van der Waals surface area contributed by atoms with E-state index in [1.165, 1.54) is 0 Å². The first-order valence-electron chi connectivity index (χ1n) is 6.28. The summed E-state index contributed by atoms with van der Waals surface area (Å²) in [4.78, 5) is 11.5. The van der Waals surface area contributed by atoms with E-state index in [1.807, 2.05) is 38.1 Å². The Morgan fingerprint density at radius 3 is 2.45 bits per heavy atom. The number of amides is 1. The molecule has 0 heterocycles. The predicted molar refractivity (Wildman–Crippen MR) is 69.2 cm³/mol. The molecule has 1 unspecified atom stereocenters. The molecule has 1 N–H and O–H groups in total. The van der Waals surface area contributed by atoms with Crippen molar-refractivity contribution in [2.24, 2.45) is 0 Å². The summed E-state index contributed by atoms with van der Waals surface area (Å²) >= 11 is 0. The summed E-state index contributed by atoms with van der Waals surface area (Å²) in [7, 11) is 0. The minimum Gasteiger partial charge on any atom is -0.372 e. The maximum Gasteiger partial charge on any atom is 0.411 e. The molecule has 0 spiro atoms. The van der Waals surface area contributed by atoms with Gasteiger partial charge in [-0.25, -0.2) is 0 Å². The lowest BCUT2D eigenvalue weighted by Crippen LogP contribution is -2.28. The van der Waals surface area contributed by atoms with Crippen LogP contribution in [0.4, 0.5) is 13.2 Å². The van der Waals surface area contributed by atoms with Crippen LogP contribution in [0.15, 0.2) is 24.3 Å². The number of hydrogen-bond acceptors (Lipinski definition) is 2. The molecule has 3 nitrogen and oxygen atoms in total. The van der Waals surface area contributed by atoms with Gasteiger partial charge in [-0.1, -0.05) is 29.8 Å². The number of benzene rings is 1. The second kappa shape index (κ2) is 7.28. The van der Waals surface area contributed by atoms with Crippen molar-refractivity contribution < 1.29 is 22.7 Å². The summed E-state index contributed by atoms with van der Waals surface area (Å²) in [6, 6.07) is 7.49. The van der Waals surface area contributed by atoms with Crippen molar-refractivity contribution in [2.45, 2.75) is 32.5 Å². The maximum atomic E-state index is 11.8. The zero-order chi connectivity index (χ0) is 15.2. The van der Waals surface area contributed by atoms with Gasteiger partial charge < -0.3 is 10.1 Å². The standard InChI is InChI=1S/C14H18F3NO2/c1-10-3-5-12(6-4-10)11(2)18-13(19)7-8-20-9-14(15,16)17/h3-6,11H,7-9H2,1-2H3,(H,18,19). The lowest BCUT2D eigenvalue weighted by atomic mass is 10.1. The van der Waals surface area contributed by atoms with Crippen molar-refractivity contribution in [1.82, 2.24) is 5.32 Å². The Kier molecular flexibility index (Phi) is 6.01. The van der Waals surface area contributed by atoms with E-state index in [1.54, 1.807) is 0 Å². The number of rotatable bonds is 6. The lowest BCUT2D eigenvalue weighted by molar-refractivity contribution is -0.174. The van der Waals surface area contributed by atoms with Gasteiger partial charge in [0.15, 0.2) is 0 Å². The Morgan fingerprint density at radius 1 is 1.30 bits per heavy atom. The van der Waals surface area contributed by atoms with E-state index in [-0.39, 0.29) is 25.0 Å². The molecule has 112 valence electrons. The fourth-order valence-electron chi connectivity index (χ4n) is 1.60. The van der Waals surface area contributed by atoms with Crippen molar-refractivity contribution in [3.8, 4) is 0 Å². The molecule has 1 aromatic carbocycles. The highest BCUT2D eigenvalue weighted by atomic mass is 19.4. The number of hydrogen-bond donors (Lipinski definition) is 1. The van der Waals surface area contributed by atoms with Gasteiger partial charge in [0.25, 0.3) is 0 Å². The third-order valence-corrected chi connectivity index (χ3v) is 2.69. The minimum absolute atomic E-state index is 0.0910. The molecule has 0 saturated heterocycles. The van der Waals surface area contributed by atoms with Crippen molar-refractivity contribution in [3.05, 3.63) is 35.4 Å². The molecule has 0 radical (unpaired) electrons. The molecular formula is C14H18F3NO2. The summed E-state index contributed by atoms with van der Waals surface area (Å²) in [6.45, 7) is 2.21. The second-order valence-electron chi connectivity index (χ2n) is 4.62. The van der Waals surface area contributed by atoms with Crippen LogP contribution < -0.4 is 5.32 Å². The van der Waals surface area contributed by atoms with E-state index < -0.39 is 12.8 Å². The Labute approximate surface area is 116 Å². The van der Waals surface area contributed by atoms with E-state index in [0.29, 0.717) is 0 Å². The summed E-state index contributed by atoms with van der Waals surface area (Å²) < 4.78 is 39.8. The van der Waals surface area contributed by atoms with Crippen LogP contribution in [0.2, 0.25) is 0 Å². The summed E-state index contributed by atoms with van der Waals surface area (Å²) in [5, 5.41) is 2.71. The van der Waals surface area contributed by atoms with Crippen LogP contribution in [-0.4, -0.2) is 25.3 Å². The molecule has 1 aromatic rings. The Balaban J connectivity index is 2.30. The summed E-state index contributed by atoms with van der Waals surface area (Å²) in [5.41, 5.74) is 2.06. The van der Waals surface area contributed by atoms with E-state index in [2.05, 4.69) is 10.1 Å². The van der Waals surface area contributed by atoms with Crippen LogP contribution in [0.1, 0.15) is 30.5 Å². The van der Waals surface area contributed by atoms with E-state index >= 15 is 0 Å². The first-order valence-corrected chi connectivity index (χ1v) is 6.28. The van der Waals surface area contributed by atoms with E-state index in [9.17, 15) is 18.0 Å². The molecule has 0 aliphatic carbocycles. The molecule has 1 atom stereocenters. The third-order valence-electron chi connectivity index (χ3n) is 2.69. The van der Waals surface area contributed by atoms with Gasteiger partial charge in [0.2, 0.25) is 5.91 Å². The van der Waals surface area contributed by atoms with E-state index in [4.69, 9.17) is 0 Å². The third kappa shape index (κ3) is 6.56. The van der Waals surface area contributed by atoms with Crippen LogP contribution in [0.5, 0.6) is 0 Å². The minimum atomic E-state index is -4.36. The Bertz CT molecular complexity index is 429. The molecule has 0 fully saturated rings. The molecule has 6 heteroatoms. The average Bonchev–Trinajstić information content (AvgIpc) is 2.34. The van der Waals surface area contributed by atoms with Gasteiger partial charge in [0.05, 0.1) is 12.6 Å². The SMILES string of the molecule is Cc1ccc(C(C)NC(=O)CCOCC(F)(F)F)cc1. The molecule has 1 amide bonds. The molecule has 0 aliphatic heterocycles. The zero-order valence-corrected chi connectivity index (χ0v) is 11.5. The number of carbonyl (C=O) groups excluding carboxylic acids is 1. The number of aryl methyl sites for hydroxylation is 1. The number of halogens is 3. The van der Waals surface area contributed by atoms with Gasteiger partial charge >= 0.3 is 6.18 Å². The average molecular weight is 289 g/mol. The molecule has 1 rings (SSSR count). The highest BCUT2D eigenvalue weighted by molar-refractivity contribution is 5.76. The molecule has 0 bridgehead atoms. The van der Waals surface area contributed by atoms with Crippen LogP contribution in [0.3, 0.4) is 0 Å². The monoisotopic (exact) mass is 289 g/mol. The van der Waals surface area contributed by atoms with Gasteiger partial charge in [-0.3, -0.25) is 4.79 Å². The predicted octanol–water partition coefficient (Wildman–Crippen LogP) is 3.14. The van der Waals surface area contributed by atoms with Crippen molar-refractivity contribution in [1.29, 1.82) is 0 Å². The lowest BCUT2D eigenvalue weighted by Gasteiger charge is -2.15. The first-order chi connectivity index (χ1) is 9.28. The number of alkyl halides is 3. The molecule has 0 aromatic heterocycles. The molecule has 0 aliphatic rings. The van der Waals surface area contributed by atoms with Gasteiger partial charge in [-0.05, 0) is 19.4 Å². The summed E-state index contributed by atoms with van der Waals surface area (Å²) in [5.74, 6) is -0.333. The molecular weight excluding hydrogens is 271 g/mol. The van der Waals surface area contributed by atoms with Gasteiger partial charge in [0, 0.05) is 6.42 Å². The normalized spacial score (nSPS) is 13.1. The van der Waals surface area contributed by atoms with Gasteiger partial charge in [0.1, 0.15) is 6.61 Å². The quantitative estimate of drug-likeness (QED) is 0.817. The van der Waals surface area contributed by atoms with Gasteiger partial charge in [-0.15, -0.1) is 0 Å². The first kappa shape index (κ1) is 16.5. The maximum absolute atomic E-state index is 11.8. The van der Waals surface area contributed by atoms with Crippen LogP contribution in [0.25, 0.3) is 0 Å². The highest BCUT2D eigenvalue weighted by Crippen LogP contribution is 2.15. The number of ether oxygens (including phenoxy) is 1. The largest absolute Gasteiger partial charge is 0.411 e. The fraction of sp³-hybridized carbons (Fsp3) is 0.500. The smallest absolute Gasteiger partial charge is 0.372 e. The topological polar surface area (TPSA) is 38.3 Å². The number of nitrogens with one attached hydrogen (secondary N) is 1. The van der Waals surface area contributed by atoms with Crippen molar-refractivity contribution in [2.75, 3.05) is 13.2 Å². The Morgan fingerprint density at radius 2 is 1.90 bits per heavy atom. The summed E-state index contributed by atoms with van der Waals surface area (Å²) in [6.07, 6.45) is -4.45. The van der Waals surface area contributed by atoms with Crippen LogP contribution >= 0.6 is 0 Å². The fourth-order valence-corrected chi connectivity index (χ4v) is 1.60. The van der Waals surface area contributed by atoms with Crippen molar-refractivity contribution in [3.63, 3.8) is 0 Å². The Hall–Kier alpha value is -1.56. The molecule has 0 saturated carbocycles. The van der Waals surface area contributed by atoms with Gasteiger partial charge in [-0.2, -0.15) is 13.2 Å².